The molecule has 1 aliphatic carbocycles. The first-order valence-corrected chi connectivity index (χ1v) is 7.58. The van der Waals surface area contributed by atoms with Crippen molar-refractivity contribution in [1.29, 1.82) is 0 Å². The molecule has 1 aliphatic rings. The highest BCUT2D eigenvalue weighted by molar-refractivity contribution is 7.88. The highest BCUT2D eigenvalue weighted by Gasteiger charge is 2.29. The van der Waals surface area contributed by atoms with Crippen molar-refractivity contribution in [3.05, 3.63) is 0 Å². The molecular formula is C10H21N3O4S. The summed E-state index contributed by atoms with van der Waals surface area (Å²) in [7, 11) is -3.90. The molecule has 8 heteroatoms. The minimum atomic E-state index is -3.90. The van der Waals surface area contributed by atoms with Gasteiger partial charge >= 0.3 is 16.3 Å². The molecule has 0 bridgehead atoms. The SMILES string of the molecule is CCOC(=O)NS(=O)(=O)NCC1(N)CCCCC1. The molecule has 0 aromatic carbocycles. The Morgan fingerprint density at radius 2 is 1.94 bits per heavy atom. The number of amides is 1. The van der Waals surface area contributed by atoms with Gasteiger partial charge in [-0.2, -0.15) is 13.1 Å². The van der Waals surface area contributed by atoms with Gasteiger partial charge in [-0.1, -0.05) is 19.3 Å². The van der Waals surface area contributed by atoms with Crippen molar-refractivity contribution in [2.75, 3.05) is 13.2 Å². The molecule has 0 aromatic rings. The van der Waals surface area contributed by atoms with Crippen molar-refractivity contribution in [3.63, 3.8) is 0 Å². The van der Waals surface area contributed by atoms with Crippen LogP contribution in [0.3, 0.4) is 0 Å². The predicted octanol–water partition coefficient (Wildman–Crippen LogP) is 0.229. The molecule has 1 fully saturated rings. The van der Waals surface area contributed by atoms with Crippen LogP contribution < -0.4 is 15.2 Å². The molecule has 0 unspecified atom stereocenters. The van der Waals surface area contributed by atoms with Crippen molar-refractivity contribution in [2.45, 2.75) is 44.6 Å². The Labute approximate surface area is 108 Å². The third-order valence-corrected chi connectivity index (χ3v) is 3.92. The number of carbonyl (C=O) groups excluding carboxylic acids is 1. The van der Waals surface area contributed by atoms with Crippen molar-refractivity contribution in [2.24, 2.45) is 5.73 Å². The smallest absolute Gasteiger partial charge is 0.421 e. The third-order valence-electron chi connectivity index (χ3n) is 2.96. The van der Waals surface area contributed by atoms with Crippen molar-refractivity contribution >= 4 is 16.3 Å². The highest BCUT2D eigenvalue weighted by atomic mass is 32.2. The number of hydrogen-bond donors (Lipinski definition) is 3. The largest absolute Gasteiger partial charge is 0.449 e. The fourth-order valence-electron chi connectivity index (χ4n) is 1.98. The second-order valence-electron chi connectivity index (χ2n) is 4.57. The van der Waals surface area contributed by atoms with E-state index in [4.69, 9.17) is 5.73 Å². The Hall–Kier alpha value is -0.860. The first-order chi connectivity index (χ1) is 8.37. The van der Waals surface area contributed by atoms with Crippen LogP contribution in [0, 0.1) is 0 Å². The van der Waals surface area contributed by atoms with Gasteiger partial charge in [0.2, 0.25) is 0 Å². The van der Waals surface area contributed by atoms with Crippen LogP contribution in [0.2, 0.25) is 0 Å². The zero-order valence-electron chi connectivity index (χ0n) is 10.6. The summed E-state index contributed by atoms with van der Waals surface area (Å²) in [6, 6.07) is 0. The molecule has 0 saturated heterocycles. The number of nitrogens with two attached hydrogens (primary N) is 1. The fraction of sp³-hybridized carbons (Fsp3) is 0.900. The van der Waals surface area contributed by atoms with Gasteiger partial charge in [-0.3, -0.25) is 0 Å². The maximum Gasteiger partial charge on any atom is 0.421 e. The summed E-state index contributed by atoms with van der Waals surface area (Å²) in [6.07, 6.45) is 3.73. The lowest BCUT2D eigenvalue weighted by Crippen LogP contribution is -2.53. The molecule has 1 amide bonds. The van der Waals surface area contributed by atoms with E-state index in [1.54, 1.807) is 11.6 Å². The lowest BCUT2D eigenvalue weighted by molar-refractivity contribution is 0.158. The maximum absolute atomic E-state index is 11.5. The molecule has 0 radical (unpaired) electrons. The molecule has 106 valence electrons. The van der Waals surface area contributed by atoms with Crippen LogP contribution in [0.5, 0.6) is 0 Å². The summed E-state index contributed by atoms with van der Waals surface area (Å²) in [5, 5.41) is 0. The number of nitrogens with one attached hydrogen (secondary N) is 2. The van der Waals surface area contributed by atoms with E-state index in [0.29, 0.717) is 0 Å². The normalized spacial score (nSPS) is 19.2. The molecule has 1 saturated carbocycles. The molecule has 18 heavy (non-hydrogen) atoms. The van der Waals surface area contributed by atoms with E-state index in [1.807, 2.05) is 0 Å². The highest BCUT2D eigenvalue weighted by Crippen LogP contribution is 2.25. The monoisotopic (exact) mass is 279 g/mol. The summed E-state index contributed by atoms with van der Waals surface area (Å²) < 4.78 is 31.6. The molecule has 0 spiro atoms. The van der Waals surface area contributed by atoms with Crippen LogP contribution in [0.1, 0.15) is 39.0 Å². The van der Waals surface area contributed by atoms with E-state index in [-0.39, 0.29) is 13.2 Å². The Morgan fingerprint density at radius 1 is 1.33 bits per heavy atom. The molecule has 7 nitrogen and oxygen atoms in total. The Balaban J connectivity index is 2.43. The second kappa shape index (κ2) is 6.35. The van der Waals surface area contributed by atoms with E-state index in [0.717, 1.165) is 32.1 Å². The summed E-state index contributed by atoms with van der Waals surface area (Å²) in [5.74, 6) is 0. The summed E-state index contributed by atoms with van der Waals surface area (Å²) in [5.41, 5.74) is 5.57. The molecular weight excluding hydrogens is 258 g/mol. The zero-order chi connectivity index (χ0) is 13.6. The van der Waals surface area contributed by atoms with Gasteiger partial charge in [-0.25, -0.2) is 9.52 Å². The van der Waals surface area contributed by atoms with Gasteiger partial charge in [-0.05, 0) is 19.8 Å². The number of hydrogen-bond acceptors (Lipinski definition) is 5. The number of carbonyl (C=O) groups is 1. The standard InChI is InChI=1S/C10H21N3O4S/c1-2-17-9(14)13-18(15,16)12-8-10(11)6-4-3-5-7-10/h12H,2-8,11H2,1H3,(H,13,14). The van der Waals surface area contributed by atoms with Gasteiger partial charge in [-0.15, -0.1) is 0 Å². The van der Waals surface area contributed by atoms with Crippen LogP contribution in [-0.4, -0.2) is 33.2 Å². The summed E-state index contributed by atoms with van der Waals surface area (Å²) in [6.45, 7) is 1.83. The molecule has 0 atom stereocenters. The van der Waals surface area contributed by atoms with E-state index < -0.39 is 21.8 Å². The van der Waals surface area contributed by atoms with Gasteiger partial charge < -0.3 is 10.5 Å². The molecule has 1 rings (SSSR count). The van der Waals surface area contributed by atoms with Crippen molar-refractivity contribution < 1.29 is 17.9 Å². The van der Waals surface area contributed by atoms with Crippen LogP contribution in [0.15, 0.2) is 0 Å². The Bertz CT molecular complexity index is 377. The summed E-state index contributed by atoms with van der Waals surface area (Å²) >= 11 is 0. The minimum absolute atomic E-state index is 0.113. The van der Waals surface area contributed by atoms with Crippen molar-refractivity contribution in [1.82, 2.24) is 9.44 Å². The lowest BCUT2D eigenvalue weighted by Gasteiger charge is -2.33. The third kappa shape index (κ3) is 5.19. The lowest BCUT2D eigenvalue weighted by atomic mass is 9.83. The number of rotatable bonds is 5. The first-order valence-electron chi connectivity index (χ1n) is 6.10. The van der Waals surface area contributed by atoms with Gasteiger partial charge in [0.1, 0.15) is 0 Å². The van der Waals surface area contributed by atoms with Crippen LogP contribution >= 0.6 is 0 Å². The molecule has 4 N–H and O–H groups in total. The summed E-state index contributed by atoms with van der Waals surface area (Å²) in [4.78, 5) is 11.0. The maximum atomic E-state index is 11.5. The molecule has 0 heterocycles. The van der Waals surface area contributed by atoms with Gasteiger partial charge in [0.25, 0.3) is 0 Å². The van der Waals surface area contributed by atoms with Gasteiger partial charge in [0.15, 0.2) is 0 Å². The van der Waals surface area contributed by atoms with Crippen LogP contribution in [0.4, 0.5) is 4.79 Å². The quantitative estimate of drug-likeness (QED) is 0.667. The average molecular weight is 279 g/mol. The predicted molar refractivity (Wildman–Crippen MR) is 67.1 cm³/mol. The van der Waals surface area contributed by atoms with Crippen LogP contribution in [-0.2, 0) is 14.9 Å². The fourth-order valence-corrected chi connectivity index (χ4v) is 2.81. The minimum Gasteiger partial charge on any atom is -0.449 e. The van der Waals surface area contributed by atoms with E-state index in [2.05, 4.69) is 9.46 Å². The van der Waals surface area contributed by atoms with E-state index in [1.165, 1.54) is 0 Å². The average Bonchev–Trinajstić information content (AvgIpc) is 2.27. The number of ether oxygens (including phenoxy) is 1. The Kier molecular flexibility index (Phi) is 5.36. The van der Waals surface area contributed by atoms with Gasteiger partial charge in [0.05, 0.1) is 6.61 Å². The zero-order valence-corrected chi connectivity index (χ0v) is 11.4. The van der Waals surface area contributed by atoms with Crippen LogP contribution in [0.25, 0.3) is 0 Å². The Morgan fingerprint density at radius 3 is 2.50 bits per heavy atom. The molecule has 0 aliphatic heterocycles. The van der Waals surface area contributed by atoms with Gasteiger partial charge in [0, 0.05) is 12.1 Å². The van der Waals surface area contributed by atoms with Crippen molar-refractivity contribution in [3.8, 4) is 0 Å². The first kappa shape index (κ1) is 15.2. The van der Waals surface area contributed by atoms with E-state index >= 15 is 0 Å². The molecule has 0 aromatic heterocycles. The topological polar surface area (TPSA) is 111 Å². The van der Waals surface area contributed by atoms with E-state index in [9.17, 15) is 13.2 Å². The second-order valence-corrected chi connectivity index (χ2v) is 6.07.